The number of benzene rings is 1. The number of hydrogen-bond acceptors (Lipinski definition) is 6. The van der Waals surface area contributed by atoms with Crippen LogP contribution in [-0.4, -0.2) is 42.9 Å². The van der Waals surface area contributed by atoms with Crippen LogP contribution in [0.2, 0.25) is 0 Å². The topological polar surface area (TPSA) is 105 Å². The lowest BCUT2D eigenvalue weighted by Crippen LogP contribution is -2.39. The number of aryl methyl sites for hydroxylation is 1. The molecule has 1 heterocycles. The summed E-state index contributed by atoms with van der Waals surface area (Å²) in [6.07, 6.45) is 0. The predicted molar refractivity (Wildman–Crippen MR) is 107 cm³/mol. The van der Waals surface area contributed by atoms with Crippen LogP contribution in [0.15, 0.2) is 39.8 Å². The van der Waals surface area contributed by atoms with Gasteiger partial charge in [-0.3, -0.25) is 10.1 Å². The van der Waals surface area contributed by atoms with Gasteiger partial charge in [0.05, 0.1) is 10.9 Å². The number of aromatic nitrogens is 1. The number of nitrogens with one attached hydrogen (secondary N) is 2. The van der Waals surface area contributed by atoms with E-state index in [9.17, 15) is 13.2 Å². The fourth-order valence-electron chi connectivity index (χ4n) is 2.85. The minimum atomic E-state index is -3.48. The molecular formula is C19H28N4O4S. The Labute approximate surface area is 166 Å². The smallest absolute Gasteiger partial charge is 0.243 e. The van der Waals surface area contributed by atoms with Gasteiger partial charge in [-0.1, -0.05) is 31.1 Å². The van der Waals surface area contributed by atoms with E-state index in [1.807, 2.05) is 20.8 Å². The van der Waals surface area contributed by atoms with Crippen molar-refractivity contribution in [2.24, 2.45) is 0 Å². The number of sulfonamides is 1. The monoisotopic (exact) mass is 408 g/mol. The first-order valence-corrected chi connectivity index (χ1v) is 10.7. The van der Waals surface area contributed by atoms with Crippen molar-refractivity contribution in [3.8, 4) is 0 Å². The third-order valence-electron chi connectivity index (χ3n) is 4.50. The van der Waals surface area contributed by atoms with Gasteiger partial charge in [-0.05, 0) is 38.5 Å². The molecule has 0 radical (unpaired) electrons. The Morgan fingerprint density at radius 3 is 2.29 bits per heavy atom. The van der Waals surface area contributed by atoms with Crippen molar-refractivity contribution in [3.63, 3.8) is 0 Å². The molecule has 2 rings (SSSR count). The van der Waals surface area contributed by atoms with Gasteiger partial charge in [0.15, 0.2) is 5.82 Å². The highest BCUT2D eigenvalue weighted by Crippen LogP contribution is 2.20. The van der Waals surface area contributed by atoms with Gasteiger partial charge >= 0.3 is 0 Å². The van der Waals surface area contributed by atoms with Gasteiger partial charge in [0.25, 0.3) is 0 Å². The van der Waals surface area contributed by atoms with E-state index in [0.717, 1.165) is 5.56 Å². The fraction of sp³-hybridized carbons (Fsp3) is 0.474. The molecule has 0 saturated carbocycles. The van der Waals surface area contributed by atoms with Crippen molar-refractivity contribution >= 4 is 21.7 Å². The first kappa shape index (κ1) is 22.1. The van der Waals surface area contributed by atoms with Gasteiger partial charge in [0, 0.05) is 25.2 Å². The summed E-state index contributed by atoms with van der Waals surface area (Å²) in [6.45, 7) is 9.89. The molecular weight excluding hydrogens is 380 g/mol. The number of nitrogens with zero attached hydrogens (tertiary/aromatic N) is 2. The summed E-state index contributed by atoms with van der Waals surface area (Å²) >= 11 is 0. The van der Waals surface area contributed by atoms with E-state index >= 15 is 0 Å². The van der Waals surface area contributed by atoms with Crippen molar-refractivity contribution in [2.75, 3.05) is 18.4 Å². The van der Waals surface area contributed by atoms with Crippen LogP contribution in [0.25, 0.3) is 0 Å². The van der Waals surface area contributed by atoms with E-state index in [-0.39, 0.29) is 16.8 Å². The van der Waals surface area contributed by atoms with Gasteiger partial charge in [0.1, 0.15) is 5.76 Å². The van der Waals surface area contributed by atoms with Gasteiger partial charge < -0.3 is 9.84 Å². The van der Waals surface area contributed by atoms with Crippen LogP contribution in [0.3, 0.4) is 0 Å². The molecule has 2 N–H and O–H groups in total. The van der Waals surface area contributed by atoms with Crippen molar-refractivity contribution < 1.29 is 17.7 Å². The highest BCUT2D eigenvalue weighted by molar-refractivity contribution is 7.89. The SMILES string of the molecule is CCN(CC)S(=O)(=O)c1ccc([C@H](C)N[C@H](C)C(=O)Nc2cc(C)on2)cc1. The van der Waals surface area contributed by atoms with Crippen LogP contribution in [0.5, 0.6) is 0 Å². The Morgan fingerprint density at radius 1 is 1.18 bits per heavy atom. The Morgan fingerprint density at radius 2 is 1.79 bits per heavy atom. The Bertz CT molecular complexity index is 889. The van der Waals surface area contributed by atoms with Crippen molar-refractivity contribution in [3.05, 3.63) is 41.7 Å². The van der Waals surface area contributed by atoms with Crippen LogP contribution in [0, 0.1) is 6.92 Å². The zero-order valence-corrected chi connectivity index (χ0v) is 17.7. The molecule has 154 valence electrons. The number of hydrogen-bond donors (Lipinski definition) is 2. The first-order chi connectivity index (χ1) is 13.2. The molecule has 8 nitrogen and oxygen atoms in total. The summed E-state index contributed by atoms with van der Waals surface area (Å²) in [5, 5.41) is 9.62. The molecule has 0 fully saturated rings. The summed E-state index contributed by atoms with van der Waals surface area (Å²) in [5.41, 5.74) is 0.885. The fourth-order valence-corrected chi connectivity index (χ4v) is 4.31. The van der Waals surface area contributed by atoms with E-state index in [2.05, 4.69) is 15.8 Å². The molecule has 28 heavy (non-hydrogen) atoms. The summed E-state index contributed by atoms with van der Waals surface area (Å²) in [4.78, 5) is 12.5. The van der Waals surface area contributed by atoms with Crippen LogP contribution < -0.4 is 10.6 Å². The lowest BCUT2D eigenvalue weighted by molar-refractivity contribution is -0.118. The average molecular weight is 409 g/mol. The minimum absolute atomic E-state index is 0.148. The van der Waals surface area contributed by atoms with E-state index < -0.39 is 16.1 Å². The van der Waals surface area contributed by atoms with Gasteiger partial charge in [-0.2, -0.15) is 4.31 Å². The zero-order valence-electron chi connectivity index (χ0n) is 16.9. The van der Waals surface area contributed by atoms with Gasteiger partial charge in [-0.25, -0.2) is 8.42 Å². The van der Waals surface area contributed by atoms with Crippen LogP contribution in [-0.2, 0) is 14.8 Å². The van der Waals surface area contributed by atoms with Crippen molar-refractivity contribution in [2.45, 2.75) is 51.6 Å². The van der Waals surface area contributed by atoms with Crippen molar-refractivity contribution in [1.29, 1.82) is 0 Å². The third kappa shape index (κ3) is 5.18. The second-order valence-corrected chi connectivity index (χ2v) is 8.52. The maximum Gasteiger partial charge on any atom is 0.243 e. The minimum Gasteiger partial charge on any atom is -0.360 e. The van der Waals surface area contributed by atoms with E-state index in [1.54, 1.807) is 44.2 Å². The van der Waals surface area contributed by atoms with Gasteiger partial charge in [-0.15, -0.1) is 0 Å². The molecule has 1 amide bonds. The molecule has 0 bridgehead atoms. The van der Waals surface area contributed by atoms with E-state index in [0.29, 0.717) is 24.7 Å². The number of amides is 1. The lowest BCUT2D eigenvalue weighted by Gasteiger charge is -2.21. The second kappa shape index (κ2) is 9.31. The molecule has 1 aromatic heterocycles. The molecule has 2 aromatic rings. The van der Waals surface area contributed by atoms with Crippen LogP contribution >= 0.6 is 0 Å². The highest BCUT2D eigenvalue weighted by Gasteiger charge is 2.22. The van der Waals surface area contributed by atoms with Crippen LogP contribution in [0.4, 0.5) is 5.82 Å². The Balaban J connectivity index is 2.02. The largest absolute Gasteiger partial charge is 0.360 e. The van der Waals surface area contributed by atoms with Crippen LogP contribution in [0.1, 0.15) is 45.1 Å². The number of carbonyl (C=O) groups excluding carboxylic acids is 1. The number of rotatable bonds is 9. The predicted octanol–water partition coefficient (Wildman–Crippen LogP) is 2.69. The molecule has 0 unspecified atom stereocenters. The summed E-state index contributed by atoms with van der Waals surface area (Å²) < 4.78 is 31.5. The molecule has 0 aliphatic heterocycles. The molecule has 2 atom stereocenters. The number of carbonyl (C=O) groups is 1. The van der Waals surface area contributed by atoms with E-state index in [1.165, 1.54) is 4.31 Å². The van der Waals surface area contributed by atoms with Crippen molar-refractivity contribution in [1.82, 2.24) is 14.8 Å². The molecule has 0 saturated heterocycles. The second-order valence-electron chi connectivity index (χ2n) is 6.58. The summed E-state index contributed by atoms with van der Waals surface area (Å²) in [7, 11) is -3.48. The third-order valence-corrected chi connectivity index (χ3v) is 6.56. The lowest BCUT2D eigenvalue weighted by atomic mass is 10.1. The maximum absolute atomic E-state index is 12.6. The Hall–Kier alpha value is -2.23. The van der Waals surface area contributed by atoms with E-state index in [4.69, 9.17) is 4.52 Å². The zero-order chi connectivity index (χ0) is 20.9. The quantitative estimate of drug-likeness (QED) is 0.661. The molecule has 9 heteroatoms. The normalized spacial score (nSPS) is 14.1. The number of anilines is 1. The molecule has 0 aliphatic carbocycles. The average Bonchev–Trinajstić information content (AvgIpc) is 3.07. The molecule has 1 aromatic carbocycles. The highest BCUT2D eigenvalue weighted by atomic mass is 32.2. The Kier molecular flexibility index (Phi) is 7.34. The summed E-state index contributed by atoms with van der Waals surface area (Å²) in [6, 6.07) is 7.74. The first-order valence-electron chi connectivity index (χ1n) is 9.29. The van der Waals surface area contributed by atoms with Gasteiger partial charge in [0.2, 0.25) is 15.9 Å². The standard InChI is InChI=1S/C19H28N4O4S/c1-6-23(7-2)28(25,26)17-10-8-16(9-11-17)14(4)20-15(5)19(24)21-18-12-13(3)27-22-18/h8-12,14-15,20H,6-7H2,1-5H3,(H,21,22,24)/t14-,15+/m0/s1. The summed E-state index contributed by atoms with van der Waals surface area (Å²) in [5.74, 6) is 0.750. The molecule has 0 aliphatic rings. The molecule has 0 spiro atoms. The maximum atomic E-state index is 12.6.